The molecule has 0 saturated heterocycles. The summed E-state index contributed by atoms with van der Waals surface area (Å²) in [6.07, 6.45) is 7.56. The first-order chi connectivity index (χ1) is 16.9. The summed E-state index contributed by atoms with van der Waals surface area (Å²) in [6.45, 7) is 1.91. The molecule has 2 aromatic rings. The van der Waals surface area contributed by atoms with Gasteiger partial charge in [-0.05, 0) is 57.6 Å². The van der Waals surface area contributed by atoms with E-state index in [1.165, 1.54) is 0 Å². The highest BCUT2D eigenvalue weighted by atomic mass is 16.2. The predicted molar refractivity (Wildman–Crippen MR) is 139 cm³/mol. The van der Waals surface area contributed by atoms with Crippen LogP contribution >= 0.6 is 0 Å². The van der Waals surface area contributed by atoms with Gasteiger partial charge in [0.2, 0.25) is 5.91 Å². The first-order valence-corrected chi connectivity index (χ1v) is 12.8. The molecule has 0 radical (unpaired) electrons. The lowest BCUT2D eigenvalue weighted by Crippen LogP contribution is -2.51. The number of carbonyl (C=O) groups is 2. The Hall–Kier alpha value is -3.16. The number of anilines is 2. The first kappa shape index (κ1) is 24.9. The highest BCUT2D eigenvalue weighted by Crippen LogP contribution is 2.27. The second-order valence-corrected chi connectivity index (χ2v) is 10.1. The second kappa shape index (κ2) is 11.5. The van der Waals surface area contributed by atoms with Gasteiger partial charge in [0.1, 0.15) is 17.5 Å². The molecule has 8 nitrogen and oxygen atoms in total. The van der Waals surface area contributed by atoms with Crippen LogP contribution in [0, 0.1) is 12.8 Å². The topological polar surface area (TPSA) is 99.2 Å². The highest BCUT2D eigenvalue weighted by molar-refractivity contribution is 5.94. The number of nitrogens with one attached hydrogen (secondary N) is 3. The van der Waals surface area contributed by atoms with E-state index in [1.807, 2.05) is 62.3 Å². The number of hydrogen-bond acceptors (Lipinski definition) is 6. The molecule has 0 aliphatic heterocycles. The number of aryl methyl sites for hydroxylation is 1. The van der Waals surface area contributed by atoms with Crippen LogP contribution in [0.2, 0.25) is 0 Å². The number of hydrogen-bond donors (Lipinski definition) is 3. The number of nitrogens with zero attached hydrogens (tertiary/aromatic N) is 3. The molecule has 1 aromatic carbocycles. The van der Waals surface area contributed by atoms with Crippen molar-refractivity contribution in [3.8, 4) is 0 Å². The third kappa shape index (κ3) is 6.71. The molecule has 1 heterocycles. The lowest BCUT2D eigenvalue weighted by molar-refractivity contribution is -0.127. The molecule has 8 heteroatoms. The predicted octanol–water partition coefficient (Wildman–Crippen LogP) is 3.68. The first-order valence-electron chi connectivity index (χ1n) is 12.8. The van der Waals surface area contributed by atoms with Crippen molar-refractivity contribution in [2.24, 2.45) is 5.92 Å². The van der Waals surface area contributed by atoms with Gasteiger partial charge in [0.05, 0.1) is 5.92 Å². The van der Waals surface area contributed by atoms with Gasteiger partial charge in [-0.2, -0.15) is 0 Å². The van der Waals surface area contributed by atoms with Crippen molar-refractivity contribution in [2.45, 2.75) is 76.4 Å². The number of amides is 2. The van der Waals surface area contributed by atoms with E-state index < -0.39 is 0 Å². The number of benzene rings is 1. The molecular formula is C27H38N6O2. The Morgan fingerprint density at radius 2 is 1.57 bits per heavy atom. The lowest BCUT2D eigenvalue weighted by atomic mass is 9.83. The van der Waals surface area contributed by atoms with Crippen molar-refractivity contribution in [3.05, 3.63) is 47.8 Å². The molecule has 2 aliphatic rings. The van der Waals surface area contributed by atoms with Gasteiger partial charge in [0.25, 0.3) is 5.91 Å². The van der Waals surface area contributed by atoms with Gasteiger partial charge in [-0.25, -0.2) is 9.97 Å². The van der Waals surface area contributed by atoms with Gasteiger partial charge < -0.3 is 20.9 Å². The summed E-state index contributed by atoms with van der Waals surface area (Å²) in [4.78, 5) is 36.9. The SMILES string of the molecule is Cc1nc(NC2CCC(NC(=O)C3CCCC[C@@H]3NC(=O)c3ccccc3)CC2)cc(N(C)C)n1. The Balaban J connectivity index is 1.28. The third-order valence-corrected chi connectivity index (χ3v) is 7.16. The van der Waals surface area contributed by atoms with Gasteiger partial charge in [-0.15, -0.1) is 0 Å². The van der Waals surface area contributed by atoms with Gasteiger partial charge in [-0.3, -0.25) is 9.59 Å². The number of rotatable bonds is 7. The average Bonchev–Trinajstić information content (AvgIpc) is 2.85. The van der Waals surface area contributed by atoms with E-state index in [4.69, 9.17) is 0 Å². The maximum atomic E-state index is 13.2. The van der Waals surface area contributed by atoms with E-state index in [-0.39, 0.29) is 29.8 Å². The summed E-state index contributed by atoms with van der Waals surface area (Å²) >= 11 is 0. The molecule has 0 spiro atoms. The van der Waals surface area contributed by atoms with Crippen LogP contribution in [0.5, 0.6) is 0 Å². The number of carbonyl (C=O) groups excluding carboxylic acids is 2. The minimum atomic E-state index is -0.166. The van der Waals surface area contributed by atoms with E-state index in [2.05, 4.69) is 25.9 Å². The summed E-state index contributed by atoms with van der Waals surface area (Å²) in [5.74, 6) is 2.32. The Bertz CT molecular complexity index is 1000. The van der Waals surface area contributed by atoms with E-state index in [9.17, 15) is 9.59 Å². The van der Waals surface area contributed by atoms with E-state index in [0.717, 1.165) is 68.8 Å². The lowest BCUT2D eigenvalue weighted by Gasteiger charge is -2.34. The molecule has 4 rings (SSSR count). The maximum absolute atomic E-state index is 13.2. The summed E-state index contributed by atoms with van der Waals surface area (Å²) in [5, 5.41) is 9.99. The molecule has 2 saturated carbocycles. The standard InChI is InChI=1S/C27H38N6O2/c1-18-28-24(17-25(29-18)33(2)3)30-20-13-15-21(16-14-20)31-27(35)22-11-7-8-12-23(22)32-26(34)19-9-5-4-6-10-19/h4-6,9-10,17,20-23H,7-8,11-16H2,1-3H3,(H,31,35)(H,32,34)(H,28,29,30)/t20?,21?,22?,23-/m0/s1. The average molecular weight is 479 g/mol. The Kier molecular flexibility index (Phi) is 8.21. The van der Waals surface area contributed by atoms with Crippen LogP contribution in [0.15, 0.2) is 36.4 Å². The molecule has 35 heavy (non-hydrogen) atoms. The second-order valence-electron chi connectivity index (χ2n) is 10.1. The molecule has 2 amide bonds. The van der Waals surface area contributed by atoms with Crippen molar-refractivity contribution < 1.29 is 9.59 Å². The van der Waals surface area contributed by atoms with Crippen molar-refractivity contribution in [2.75, 3.05) is 24.3 Å². The Morgan fingerprint density at radius 3 is 2.29 bits per heavy atom. The molecule has 3 N–H and O–H groups in total. The maximum Gasteiger partial charge on any atom is 0.251 e. The van der Waals surface area contributed by atoms with Gasteiger partial charge in [-0.1, -0.05) is 31.0 Å². The highest BCUT2D eigenvalue weighted by Gasteiger charge is 2.34. The smallest absolute Gasteiger partial charge is 0.251 e. The van der Waals surface area contributed by atoms with Crippen molar-refractivity contribution in [1.82, 2.24) is 20.6 Å². The molecule has 2 fully saturated rings. The zero-order valence-corrected chi connectivity index (χ0v) is 21.1. The van der Waals surface area contributed by atoms with Crippen LogP contribution < -0.4 is 20.9 Å². The minimum Gasteiger partial charge on any atom is -0.367 e. The Labute approximate surface area is 208 Å². The fourth-order valence-electron chi connectivity index (χ4n) is 5.21. The third-order valence-electron chi connectivity index (χ3n) is 7.16. The zero-order valence-electron chi connectivity index (χ0n) is 21.1. The van der Waals surface area contributed by atoms with Crippen molar-refractivity contribution in [3.63, 3.8) is 0 Å². The van der Waals surface area contributed by atoms with Crippen LogP contribution in [0.25, 0.3) is 0 Å². The van der Waals surface area contributed by atoms with Crippen LogP contribution in [-0.4, -0.2) is 54.0 Å². The molecule has 2 aliphatic carbocycles. The summed E-state index contributed by atoms with van der Waals surface area (Å²) in [5.41, 5.74) is 0.639. The fourth-order valence-corrected chi connectivity index (χ4v) is 5.21. The van der Waals surface area contributed by atoms with E-state index in [1.54, 1.807) is 0 Å². The summed E-state index contributed by atoms with van der Waals surface area (Å²) in [6, 6.07) is 11.6. The van der Waals surface area contributed by atoms with Crippen LogP contribution in [-0.2, 0) is 4.79 Å². The summed E-state index contributed by atoms with van der Waals surface area (Å²) in [7, 11) is 3.95. The van der Waals surface area contributed by atoms with Crippen LogP contribution in [0.4, 0.5) is 11.6 Å². The van der Waals surface area contributed by atoms with Crippen LogP contribution in [0.3, 0.4) is 0 Å². The quantitative estimate of drug-likeness (QED) is 0.562. The molecule has 1 aromatic heterocycles. The fraction of sp³-hybridized carbons (Fsp3) is 0.556. The molecule has 2 atom stereocenters. The van der Waals surface area contributed by atoms with Crippen molar-refractivity contribution >= 4 is 23.5 Å². The largest absolute Gasteiger partial charge is 0.367 e. The van der Waals surface area contributed by atoms with E-state index >= 15 is 0 Å². The number of aromatic nitrogens is 2. The van der Waals surface area contributed by atoms with E-state index in [0.29, 0.717) is 11.6 Å². The minimum absolute atomic E-state index is 0.0847. The Morgan fingerprint density at radius 1 is 0.886 bits per heavy atom. The van der Waals surface area contributed by atoms with Crippen molar-refractivity contribution in [1.29, 1.82) is 0 Å². The molecule has 1 unspecified atom stereocenters. The van der Waals surface area contributed by atoms with Crippen LogP contribution in [0.1, 0.15) is 67.5 Å². The van der Waals surface area contributed by atoms with Gasteiger partial charge >= 0.3 is 0 Å². The summed E-state index contributed by atoms with van der Waals surface area (Å²) < 4.78 is 0. The molecule has 188 valence electrons. The molecule has 0 bridgehead atoms. The monoisotopic (exact) mass is 478 g/mol. The normalized spacial score (nSPS) is 24.3. The zero-order chi connectivity index (χ0) is 24.8. The van der Waals surface area contributed by atoms with Gasteiger partial charge in [0, 0.05) is 43.9 Å². The molecular weight excluding hydrogens is 440 g/mol. The van der Waals surface area contributed by atoms with Gasteiger partial charge in [0.15, 0.2) is 0 Å².